The smallest absolute Gasteiger partial charge is 0.306 e. The van der Waals surface area contributed by atoms with Gasteiger partial charge in [0, 0.05) is 19.3 Å². The first-order valence-corrected chi connectivity index (χ1v) is 35.1. The molecule has 462 valence electrons. The second-order valence-electron chi connectivity index (χ2n) is 23.8. The van der Waals surface area contributed by atoms with Gasteiger partial charge in [0.1, 0.15) is 13.2 Å². The first-order chi connectivity index (χ1) is 39.0. The Labute approximate surface area is 492 Å². The number of ether oxygens (including phenoxy) is 3. The Morgan fingerprint density at radius 3 is 0.722 bits per heavy atom. The van der Waals surface area contributed by atoms with Gasteiger partial charge in [0.25, 0.3) is 0 Å². The van der Waals surface area contributed by atoms with Crippen molar-refractivity contribution in [2.75, 3.05) is 13.2 Å². The summed E-state index contributed by atoms with van der Waals surface area (Å²) in [7, 11) is 0. The molecule has 0 fully saturated rings. The molecule has 0 N–H and O–H groups in total. The van der Waals surface area contributed by atoms with Crippen molar-refractivity contribution in [1.82, 2.24) is 0 Å². The number of carbonyl (C=O) groups excluding carboxylic acids is 3. The van der Waals surface area contributed by atoms with Crippen LogP contribution in [0.1, 0.15) is 380 Å². The van der Waals surface area contributed by atoms with Crippen LogP contribution in [0.15, 0.2) is 48.6 Å². The van der Waals surface area contributed by atoms with Crippen molar-refractivity contribution < 1.29 is 28.6 Å². The van der Waals surface area contributed by atoms with Crippen LogP contribution in [-0.2, 0) is 28.6 Å². The molecule has 0 aliphatic rings. The fourth-order valence-electron chi connectivity index (χ4n) is 10.5. The molecule has 0 aromatic rings. The zero-order chi connectivity index (χ0) is 57.1. The van der Waals surface area contributed by atoms with Crippen LogP contribution in [0.2, 0.25) is 0 Å². The van der Waals surface area contributed by atoms with Gasteiger partial charge in [0.15, 0.2) is 6.10 Å². The Hall–Kier alpha value is -2.63. The summed E-state index contributed by atoms with van der Waals surface area (Å²) in [5.74, 6) is -0.861. The van der Waals surface area contributed by atoms with E-state index >= 15 is 0 Å². The molecule has 79 heavy (non-hydrogen) atoms. The van der Waals surface area contributed by atoms with Gasteiger partial charge in [0.05, 0.1) is 0 Å². The van der Waals surface area contributed by atoms with E-state index in [2.05, 4.69) is 69.4 Å². The van der Waals surface area contributed by atoms with Crippen LogP contribution in [0.5, 0.6) is 0 Å². The largest absolute Gasteiger partial charge is 0.462 e. The number of allylic oxidation sites excluding steroid dienone is 8. The molecule has 0 spiro atoms. The van der Waals surface area contributed by atoms with Crippen molar-refractivity contribution in [3.63, 3.8) is 0 Å². The summed E-state index contributed by atoms with van der Waals surface area (Å²) < 4.78 is 17.0. The van der Waals surface area contributed by atoms with Crippen LogP contribution in [0, 0.1) is 0 Å². The summed E-state index contributed by atoms with van der Waals surface area (Å²) in [5.41, 5.74) is 0. The Kier molecular flexibility index (Phi) is 65.6. The van der Waals surface area contributed by atoms with Gasteiger partial charge in [-0.3, -0.25) is 14.4 Å². The molecular formula is C73H134O6. The Morgan fingerprint density at radius 2 is 0.456 bits per heavy atom. The fraction of sp³-hybridized carbons (Fsp3) is 0.849. The highest BCUT2D eigenvalue weighted by Gasteiger charge is 2.19. The standard InChI is InChI=1S/C73H134O6/c1-4-7-10-13-16-19-22-25-28-31-33-35-36-38-39-42-45-48-51-54-57-60-63-66-72(75)78-69-70(68-77-71(74)65-62-59-56-53-50-47-44-41-30-27-24-21-18-15-12-9-6-3)79-73(76)67-64-61-58-55-52-49-46-43-40-37-34-32-29-26-23-20-17-14-11-8-5-2/h23,26,31-34,40,43,70H,4-22,24-25,27-30,35-39,41-42,44-69H2,1-3H3/b26-23-,33-31-,34-32-,43-40-. The number of rotatable bonds is 65. The van der Waals surface area contributed by atoms with E-state index in [9.17, 15) is 14.4 Å². The monoisotopic (exact) mass is 1110 g/mol. The highest BCUT2D eigenvalue weighted by molar-refractivity contribution is 5.71. The SMILES string of the molecule is CCCCCCC/C=C\C/C=C\C/C=C\CCCCCCCCC(=O)OC(COC(=O)CCCCCCCCCCCCC/C=C\CCCCCCCCCC)COC(=O)CCCCCCCCCCCCCCCCCCC. The quantitative estimate of drug-likeness (QED) is 0.0261. The van der Waals surface area contributed by atoms with E-state index in [0.29, 0.717) is 19.3 Å². The average molecular weight is 1110 g/mol. The van der Waals surface area contributed by atoms with Crippen LogP contribution in [0.3, 0.4) is 0 Å². The molecule has 1 unspecified atom stereocenters. The third-order valence-corrected chi connectivity index (χ3v) is 15.8. The highest BCUT2D eigenvalue weighted by atomic mass is 16.6. The lowest BCUT2D eigenvalue weighted by molar-refractivity contribution is -0.167. The topological polar surface area (TPSA) is 78.9 Å². The average Bonchev–Trinajstić information content (AvgIpc) is 3.45. The van der Waals surface area contributed by atoms with Crippen molar-refractivity contribution in [2.24, 2.45) is 0 Å². The molecule has 0 bridgehead atoms. The number of unbranched alkanes of at least 4 members (excludes halogenated alkanes) is 46. The van der Waals surface area contributed by atoms with Gasteiger partial charge < -0.3 is 14.2 Å². The first-order valence-electron chi connectivity index (χ1n) is 35.1. The Balaban J connectivity index is 4.34. The zero-order valence-corrected chi connectivity index (χ0v) is 53.2. The van der Waals surface area contributed by atoms with Crippen LogP contribution >= 0.6 is 0 Å². The van der Waals surface area contributed by atoms with E-state index in [1.807, 2.05) is 0 Å². The Morgan fingerprint density at radius 1 is 0.253 bits per heavy atom. The lowest BCUT2D eigenvalue weighted by Gasteiger charge is -2.18. The molecule has 0 aromatic carbocycles. The van der Waals surface area contributed by atoms with Crippen molar-refractivity contribution in [3.8, 4) is 0 Å². The predicted octanol–water partition coefficient (Wildman–Crippen LogP) is 24.1. The predicted molar refractivity (Wildman–Crippen MR) is 344 cm³/mol. The van der Waals surface area contributed by atoms with Crippen LogP contribution in [-0.4, -0.2) is 37.2 Å². The van der Waals surface area contributed by atoms with E-state index in [4.69, 9.17) is 14.2 Å². The molecule has 6 heteroatoms. The van der Waals surface area contributed by atoms with Crippen molar-refractivity contribution in [1.29, 1.82) is 0 Å². The molecule has 6 nitrogen and oxygen atoms in total. The van der Waals surface area contributed by atoms with Crippen molar-refractivity contribution in [2.45, 2.75) is 386 Å². The van der Waals surface area contributed by atoms with E-state index in [0.717, 1.165) is 77.0 Å². The summed E-state index contributed by atoms with van der Waals surface area (Å²) >= 11 is 0. The van der Waals surface area contributed by atoms with E-state index < -0.39 is 6.10 Å². The molecule has 0 aliphatic heterocycles. The van der Waals surface area contributed by atoms with E-state index in [-0.39, 0.29) is 31.1 Å². The maximum Gasteiger partial charge on any atom is 0.306 e. The van der Waals surface area contributed by atoms with Crippen molar-refractivity contribution in [3.05, 3.63) is 48.6 Å². The fourth-order valence-corrected chi connectivity index (χ4v) is 10.5. The number of esters is 3. The molecule has 0 aromatic heterocycles. The molecule has 0 aliphatic carbocycles. The lowest BCUT2D eigenvalue weighted by atomic mass is 10.0. The van der Waals surface area contributed by atoms with Crippen LogP contribution < -0.4 is 0 Å². The minimum Gasteiger partial charge on any atom is -0.462 e. The summed E-state index contributed by atoms with van der Waals surface area (Å²) in [6, 6.07) is 0. The lowest BCUT2D eigenvalue weighted by Crippen LogP contribution is -2.30. The van der Waals surface area contributed by atoms with Gasteiger partial charge in [-0.1, -0.05) is 326 Å². The highest BCUT2D eigenvalue weighted by Crippen LogP contribution is 2.18. The third-order valence-electron chi connectivity index (χ3n) is 15.8. The van der Waals surface area contributed by atoms with Gasteiger partial charge in [-0.2, -0.15) is 0 Å². The molecule has 0 saturated carbocycles. The van der Waals surface area contributed by atoms with E-state index in [1.54, 1.807) is 0 Å². The second kappa shape index (κ2) is 67.9. The number of carbonyl (C=O) groups is 3. The summed E-state index contributed by atoms with van der Waals surface area (Å²) in [6.07, 6.45) is 85.5. The summed E-state index contributed by atoms with van der Waals surface area (Å²) in [5, 5.41) is 0. The molecule has 0 rings (SSSR count). The van der Waals surface area contributed by atoms with Crippen molar-refractivity contribution >= 4 is 17.9 Å². The third kappa shape index (κ3) is 66.1. The van der Waals surface area contributed by atoms with Gasteiger partial charge in [-0.05, 0) is 83.5 Å². The van der Waals surface area contributed by atoms with Gasteiger partial charge >= 0.3 is 17.9 Å². The zero-order valence-electron chi connectivity index (χ0n) is 53.2. The molecular weight excluding hydrogens is 973 g/mol. The molecule has 0 saturated heterocycles. The minimum absolute atomic E-state index is 0.0744. The maximum absolute atomic E-state index is 13.0. The molecule has 0 amide bonds. The number of hydrogen-bond acceptors (Lipinski definition) is 6. The van der Waals surface area contributed by atoms with Crippen LogP contribution in [0.4, 0.5) is 0 Å². The summed E-state index contributed by atoms with van der Waals surface area (Å²) in [4.78, 5) is 38.5. The van der Waals surface area contributed by atoms with E-state index in [1.165, 1.54) is 263 Å². The second-order valence-corrected chi connectivity index (χ2v) is 23.8. The molecule has 0 heterocycles. The molecule has 1 atom stereocenters. The normalized spacial score (nSPS) is 12.3. The van der Waals surface area contributed by atoms with Gasteiger partial charge in [0.2, 0.25) is 0 Å². The summed E-state index contributed by atoms with van der Waals surface area (Å²) in [6.45, 7) is 6.69. The number of hydrogen-bond donors (Lipinski definition) is 0. The first kappa shape index (κ1) is 76.4. The minimum atomic E-state index is -0.780. The molecule has 0 radical (unpaired) electrons. The van der Waals surface area contributed by atoms with Gasteiger partial charge in [-0.15, -0.1) is 0 Å². The Bertz CT molecular complexity index is 1360. The maximum atomic E-state index is 13.0. The van der Waals surface area contributed by atoms with Gasteiger partial charge in [-0.25, -0.2) is 0 Å². The van der Waals surface area contributed by atoms with Crippen LogP contribution in [0.25, 0.3) is 0 Å².